The molecule has 2 aliphatic rings. The normalized spacial score (nSPS) is 19.1. The Bertz CT molecular complexity index is 1390. The summed E-state index contributed by atoms with van der Waals surface area (Å²) >= 11 is 0. The summed E-state index contributed by atoms with van der Waals surface area (Å²) in [7, 11) is 1.56. The van der Waals surface area contributed by atoms with Gasteiger partial charge in [0.1, 0.15) is 17.6 Å². The molecular weight excluding hydrogens is 579 g/mol. The van der Waals surface area contributed by atoms with E-state index in [2.05, 4.69) is 19.7 Å². The van der Waals surface area contributed by atoms with Crippen LogP contribution in [-0.2, 0) is 9.53 Å². The summed E-state index contributed by atoms with van der Waals surface area (Å²) in [4.78, 5) is 24.5. The first kappa shape index (κ1) is 31.3. The maximum absolute atomic E-state index is 12.5. The Morgan fingerprint density at radius 3 is 2.30 bits per heavy atom. The van der Waals surface area contributed by atoms with E-state index in [1.54, 1.807) is 31.5 Å². The highest BCUT2D eigenvalue weighted by Gasteiger charge is 2.35. The molecule has 2 fully saturated rings. The number of hydrogen-bond acceptors (Lipinski definition) is 9. The zero-order valence-corrected chi connectivity index (χ0v) is 24.7. The summed E-state index contributed by atoms with van der Waals surface area (Å²) in [6.45, 7) is 0.722. The average Bonchev–Trinajstić information content (AvgIpc) is 3.86. The first-order valence-corrected chi connectivity index (χ1v) is 14.9. The van der Waals surface area contributed by atoms with E-state index in [4.69, 9.17) is 18.9 Å². The van der Waals surface area contributed by atoms with Gasteiger partial charge in [0.25, 0.3) is 0 Å². The maximum Gasteiger partial charge on any atom is 0.422 e. The highest BCUT2D eigenvalue weighted by molar-refractivity contribution is 5.71. The van der Waals surface area contributed by atoms with E-state index in [1.165, 1.54) is 12.4 Å². The second-order valence-corrected chi connectivity index (χ2v) is 11.0. The molecule has 1 unspecified atom stereocenters. The van der Waals surface area contributed by atoms with Gasteiger partial charge >= 0.3 is 18.2 Å². The smallest absolute Gasteiger partial charge is 0.422 e. The Balaban J connectivity index is 1.19. The topological polar surface area (TPSA) is 102 Å². The van der Waals surface area contributed by atoms with Crippen molar-refractivity contribution in [1.29, 1.82) is 0 Å². The van der Waals surface area contributed by atoms with E-state index < -0.39 is 12.8 Å². The van der Waals surface area contributed by atoms with Gasteiger partial charge in [0.2, 0.25) is 5.88 Å². The van der Waals surface area contributed by atoms with E-state index in [1.807, 2.05) is 19.1 Å². The van der Waals surface area contributed by atoms with E-state index in [-0.39, 0.29) is 30.1 Å². The largest absolute Gasteiger partial charge is 0.497 e. The first-order chi connectivity index (χ1) is 21.2. The first-order valence-electron chi connectivity index (χ1n) is 14.9. The second-order valence-electron chi connectivity index (χ2n) is 11.0. The molecule has 0 N–H and O–H groups in total. The molecular formula is C32H36F3N3O6. The summed E-state index contributed by atoms with van der Waals surface area (Å²) in [6.07, 6.45) is 5.55. The number of rotatable bonds is 13. The monoisotopic (exact) mass is 615 g/mol. The van der Waals surface area contributed by atoms with Crippen LogP contribution in [-0.4, -0.2) is 59.6 Å². The Hall–Kier alpha value is -4.09. The van der Waals surface area contributed by atoms with Crippen LogP contribution in [0, 0.1) is 5.92 Å². The second kappa shape index (κ2) is 14.1. The number of benzene rings is 1. The van der Waals surface area contributed by atoms with Crippen LogP contribution in [0.5, 0.6) is 23.4 Å². The Morgan fingerprint density at radius 2 is 1.66 bits per heavy atom. The number of esters is 1. The summed E-state index contributed by atoms with van der Waals surface area (Å²) in [5.74, 6) is 2.12. The van der Waals surface area contributed by atoms with Crippen molar-refractivity contribution in [2.75, 3.05) is 20.3 Å². The van der Waals surface area contributed by atoms with Crippen molar-refractivity contribution in [2.45, 2.75) is 76.2 Å². The van der Waals surface area contributed by atoms with Crippen LogP contribution in [0.1, 0.15) is 63.4 Å². The van der Waals surface area contributed by atoms with Crippen molar-refractivity contribution < 1.29 is 41.7 Å². The molecule has 2 heterocycles. The number of nitrogens with zero attached hydrogens (tertiary/aromatic N) is 3. The molecule has 0 radical (unpaired) electrons. The van der Waals surface area contributed by atoms with Gasteiger partial charge in [-0.1, -0.05) is 0 Å². The third kappa shape index (κ3) is 8.73. The van der Waals surface area contributed by atoms with Crippen molar-refractivity contribution >= 4 is 5.97 Å². The lowest BCUT2D eigenvalue weighted by atomic mass is 9.91. The molecule has 2 aliphatic carbocycles. The lowest BCUT2D eigenvalue weighted by molar-refractivity contribution is -0.154. The molecule has 2 saturated carbocycles. The van der Waals surface area contributed by atoms with Gasteiger partial charge < -0.3 is 23.7 Å². The highest BCUT2D eigenvalue weighted by atomic mass is 19.4. The minimum absolute atomic E-state index is 0.0237. The van der Waals surface area contributed by atoms with Crippen LogP contribution in [0.25, 0.3) is 11.1 Å². The van der Waals surface area contributed by atoms with Gasteiger partial charge in [0, 0.05) is 41.9 Å². The maximum atomic E-state index is 12.5. The molecule has 0 bridgehead atoms. The summed E-state index contributed by atoms with van der Waals surface area (Å²) in [5, 5.41) is 0. The fraction of sp³-hybridized carbons (Fsp3) is 0.500. The molecule has 44 heavy (non-hydrogen) atoms. The summed E-state index contributed by atoms with van der Waals surface area (Å²) in [5.41, 5.74) is 2.30. The lowest BCUT2D eigenvalue weighted by Gasteiger charge is -2.30. The zero-order valence-electron chi connectivity index (χ0n) is 24.7. The van der Waals surface area contributed by atoms with Crippen LogP contribution in [0.2, 0.25) is 0 Å². The van der Waals surface area contributed by atoms with Crippen molar-refractivity contribution in [3.63, 3.8) is 0 Å². The molecule has 0 amide bonds. The number of pyridine rings is 1. The molecule has 9 nitrogen and oxygen atoms in total. The number of hydrogen-bond donors (Lipinski definition) is 0. The molecule has 236 valence electrons. The molecule has 2 aromatic heterocycles. The van der Waals surface area contributed by atoms with Crippen LogP contribution in [0.4, 0.5) is 13.2 Å². The van der Waals surface area contributed by atoms with Crippen molar-refractivity contribution in [3.05, 3.63) is 54.5 Å². The van der Waals surface area contributed by atoms with Gasteiger partial charge in [0.05, 0.1) is 26.2 Å². The summed E-state index contributed by atoms with van der Waals surface area (Å²) < 4.78 is 65.3. The van der Waals surface area contributed by atoms with Crippen molar-refractivity contribution in [1.82, 2.24) is 15.0 Å². The zero-order chi connectivity index (χ0) is 31.1. The number of methoxy groups -OCH3 is 1. The Kier molecular flexibility index (Phi) is 10.1. The number of halogens is 3. The fourth-order valence-electron chi connectivity index (χ4n) is 5.43. The van der Waals surface area contributed by atoms with E-state index in [9.17, 15) is 18.0 Å². The van der Waals surface area contributed by atoms with E-state index in [0.717, 1.165) is 44.1 Å². The number of alkyl halides is 3. The average molecular weight is 616 g/mol. The third-order valence-corrected chi connectivity index (χ3v) is 7.77. The number of carbonyl (C=O) groups excluding carboxylic acids is 1. The minimum Gasteiger partial charge on any atom is -0.497 e. The SMILES string of the molecule is CCOC(=O)CC(c1ccnc(OC2CCC(Oc3cc(OC)ccc3-c3cnc(OCC(F)(F)F)nc3)CC2)c1)C1CC1. The Morgan fingerprint density at radius 1 is 0.955 bits per heavy atom. The molecule has 1 atom stereocenters. The van der Waals surface area contributed by atoms with E-state index in [0.29, 0.717) is 47.5 Å². The Labute approximate surface area is 254 Å². The third-order valence-electron chi connectivity index (χ3n) is 7.77. The van der Waals surface area contributed by atoms with Crippen LogP contribution >= 0.6 is 0 Å². The van der Waals surface area contributed by atoms with Crippen molar-refractivity contribution in [2.24, 2.45) is 5.92 Å². The van der Waals surface area contributed by atoms with Crippen LogP contribution < -0.4 is 18.9 Å². The standard InChI is InChI=1S/C32H36F3N3O6/c1-3-41-30(39)16-27(20-4-5-20)21-12-13-36-29(14-21)44-24-8-6-23(7-9-24)43-28-15-25(40-2)10-11-26(28)22-17-37-31(38-18-22)42-19-32(33,34)35/h10-15,17-18,20,23-24,27H,3-9,16,19H2,1-2H3. The number of carbonyl (C=O) groups is 1. The fourth-order valence-corrected chi connectivity index (χ4v) is 5.43. The molecule has 0 spiro atoms. The van der Waals surface area contributed by atoms with Gasteiger partial charge in [-0.25, -0.2) is 15.0 Å². The van der Waals surface area contributed by atoms with Gasteiger partial charge in [0.15, 0.2) is 6.61 Å². The number of ether oxygens (including phenoxy) is 5. The quantitative estimate of drug-likeness (QED) is 0.194. The molecule has 3 aromatic rings. The lowest BCUT2D eigenvalue weighted by Crippen LogP contribution is -2.30. The van der Waals surface area contributed by atoms with Gasteiger partial charge in [-0.3, -0.25) is 4.79 Å². The van der Waals surface area contributed by atoms with E-state index >= 15 is 0 Å². The predicted molar refractivity (Wildman–Crippen MR) is 154 cm³/mol. The molecule has 1 aromatic carbocycles. The number of aromatic nitrogens is 3. The van der Waals surface area contributed by atoms with Crippen LogP contribution in [0.3, 0.4) is 0 Å². The molecule has 0 saturated heterocycles. The predicted octanol–water partition coefficient (Wildman–Crippen LogP) is 6.70. The summed E-state index contributed by atoms with van der Waals surface area (Å²) in [6, 6.07) is 8.89. The molecule has 5 rings (SSSR count). The van der Waals surface area contributed by atoms with Crippen molar-refractivity contribution in [3.8, 4) is 34.5 Å². The van der Waals surface area contributed by atoms with Gasteiger partial charge in [-0.2, -0.15) is 13.2 Å². The van der Waals surface area contributed by atoms with Gasteiger partial charge in [-0.15, -0.1) is 0 Å². The minimum atomic E-state index is -4.48. The van der Waals surface area contributed by atoms with Crippen LogP contribution in [0.15, 0.2) is 48.9 Å². The molecule has 12 heteroatoms. The molecule has 0 aliphatic heterocycles. The highest BCUT2D eigenvalue weighted by Crippen LogP contribution is 2.45. The van der Waals surface area contributed by atoms with Gasteiger partial charge in [-0.05, 0) is 81.0 Å².